The molecular weight excluding hydrogens is 272 g/mol. The highest BCUT2D eigenvalue weighted by molar-refractivity contribution is 5.68. The zero-order chi connectivity index (χ0) is 15.2. The molecule has 0 amide bonds. The van der Waals surface area contributed by atoms with Gasteiger partial charge in [-0.2, -0.15) is 0 Å². The zero-order valence-corrected chi connectivity index (χ0v) is 12.2. The van der Waals surface area contributed by atoms with Crippen LogP contribution in [0.15, 0.2) is 18.2 Å². The normalized spacial score (nSPS) is 17.4. The van der Waals surface area contributed by atoms with Crippen LogP contribution in [0.4, 0.5) is 0 Å². The van der Waals surface area contributed by atoms with Crippen LogP contribution in [0.1, 0.15) is 23.6 Å². The van der Waals surface area contributed by atoms with Crippen molar-refractivity contribution in [1.29, 1.82) is 0 Å². The van der Waals surface area contributed by atoms with E-state index in [9.17, 15) is 4.79 Å². The molecule has 0 spiro atoms. The molecule has 0 aromatic heterocycles. The van der Waals surface area contributed by atoms with Gasteiger partial charge in [0.25, 0.3) is 0 Å². The van der Waals surface area contributed by atoms with E-state index in [1.54, 1.807) is 7.11 Å². The van der Waals surface area contributed by atoms with Crippen LogP contribution in [0.25, 0.3) is 0 Å². The summed E-state index contributed by atoms with van der Waals surface area (Å²) in [6.45, 7) is 3.99. The van der Waals surface area contributed by atoms with Gasteiger partial charge in [-0.15, -0.1) is 0 Å². The fraction of sp³-hybridized carbons (Fsp3) is 0.533. The number of methoxy groups -OCH3 is 1. The summed E-state index contributed by atoms with van der Waals surface area (Å²) in [6, 6.07) is 5.13. The van der Waals surface area contributed by atoms with Crippen molar-refractivity contribution in [2.75, 3.05) is 33.4 Å². The Balaban J connectivity index is 2.14. The number of carboxylic acid groups (broad SMARTS) is 1. The van der Waals surface area contributed by atoms with Crippen molar-refractivity contribution in [2.24, 2.45) is 5.73 Å². The lowest BCUT2D eigenvalue weighted by atomic mass is 10.0. The molecule has 1 aromatic rings. The van der Waals surface area contributed by atoms with Crippen molar-refractivity contribution in [3.63, 3.8) is 0 Å². The predicted octanol–water partition coefficient (Wildman–Crippen LogP) is 1.00. The van der Waals surface area contributed by atoms with Gasteiger partial charge in [-0.3, -0.25) is 9.69 Å². The minimum absolute atomic E-state index is 0.0800. The van der Waals surface area contributed by atoms with Crippen LogP contribution >= 0.6 is 0 Å². The summed E-state index contributed by atoms with van der Waals surface area (Å²) in [5.41, 5.74) is 7.78. The lowest BCUT2D eigenvalue weighted by molar-refractivity contribution is -0.137. The topological polar surface area (TPSA) is 85.0 Å². The number of carbonyl (C=O) groups is 1. The van der Waals surface area contributed by atoms with Crippen LogP contribution in [0.3, 0.4) is 0 Å². The second-order valence-electron chi connectivity index (χ2n) is 5.16. The molecule has 116 valence electrons. The summed E-state index contributed by atoms with van der Waals surface area (Å²) in [7, 11) is 1.63. The van der Waals surface area contributed by atoms with Crippen molar-refractivity contribution in [3.8, 4) is 5.75 Å². The molecule has 2 rings (SSSR count). The maximum absolute atomic E-state index is 10.8. The van der Waals surface area contributed by atoms with E-state index >= 15 is 0 Å². The molecule has 1 aromatic carbocycles. The second kappa shape index (κ2) is 7.40. The first-order valence-electron chi connectivity index (χ1n) is 7.04. The van der Waals surface area contributed by atoms with Crippen LogP contribution in [0.2, 0.25) is 0 Å². The number of benzene rings is 1. The SMILES string of the molecule is COc1ccc(C(N)CC(=O)O)cc1CN1CCOCC1. The first-order chi connectivity index (χ1) is 10.1. The number of carboxylic acids is 1. The van der Waals surface area contributed by atoms with Gasteiger partial charge in [0.1, 0.15) is 5.75 Å². The van der Waals surface area contributed by atoms with E-state index in [1.807, 2.05) is 18.2 Å². The number of nitrogens with two attached hydrogens (primary N) is 1. The van der Waals surface area contributed by atoms with E-state index in [2.05, 4.69) is 4.90 Å². The molecule has 1 fully saturated rings. The molecule has 3 N–H and O–H groups in total. The molecule has 21 heavy (non-hydrogen) atoms. The Bertz CT molecular complexity index is 487. The highest BCUT2D eigenvalue weighted by atomic mass is 16.5. The zero-order valence-electron chi connectivity index (χ0n) is 12.2. The van der Waals surface area contributed by atoms with Gasteiger partial charge >= 0.3 is 5.97 Å². The summed E-state index contributed by atoms with van der Waals surface area (Å²) < 4.78 is 10.7. The predicted molar refractivity (Wildman–Crippen MR) is 78.3 cm³/mol. The molecule has 1 unspecified atom stereocenters. The Hall–Kier alpha value is -1.63. The molecular formula is C15H22N2O4. The van der Waals surface area contributed by atoms with E-state index in [0.717, 1.165) is 49.7 Å². The second-order valence-corrected chi connectivity index (χ2v) is 5.16. The Morgan fingerprint density at radius 3 is 2.81 bits per heavy atom. The summed E-state index contributed by atoms with van der Waals surface area (Å²) >= 11 is 0. The summed E-state index contributed by atoms with van der Waals surface area (Å²) in [6.07, 6.45) is -0.0800. The maximum atomic E-state index is 10.8. The average molecular weight is 294 g/mol. The Morgan fingerprint density at radius 2 is 2.19 bits per heavy atom. The van der Waals surface area contributed by atoms with Gasteiger partial charge in [0, 0.05) is 31.2 Å². The molecule has 1 aliphatic heterocycles. The number of ether oxygens (including phenoxy) is 2. The van der Waals surface area contributed by atoms with Crippen molar-refractivity contribution in [3.05, 3.63) is 29.3 Å². The minimum atomic E-state index is -0.895. The van der Waals surface area contributed by atoms with Crippen molar-refractivity contribution in [1.82, 2.24) is 4.90 Å². The van der Waals surface area contributed by atoms with Crippen molar-refractivity contribution in [2.45, 2.75) is 19.0 Å². The first-order valence-corrected chi connectivity index (χ1v) is 7.04. The maximum Gasteiger partial charge on any atom is 0.305 e. The number of nitrogens with zero attached hydrogens (tertiary/aromatic N) is 1. The molecule has 6 heteroatoms. The third-order valence-electron chi connectivity index (χ3n) is 3.62. The lowest BCUT2D eigenvalue weighted by Gasteiger charge is -2.27. The van der Waals surface area contributed by atoms with Crippen molar-refractivity contribution < 1.29 is 19.4 Å². The molecule has 1 atom stereocenters. The van der Waals surface area contributed by atoms with Gasteiger partial charge in [-0.25, -0.2) is 0 Å². The van der Waals surface area contributed by atoms with E-state index < -0.39 is 12.0 Å². The quantitative estimate of drug-likeness (QED) is 0.814. The largest absolute Gasteiger partial charge is 0.496 e. The van der Waals surface area contributed by atoms with Crippen LogP contribution < -0.4 is 10.5 Å². The van der Waals surface area contributed by atoms with Crippen LogP contribution in [-0.4, -0.2) is 49.4 Å². The third-order valence-corrected chi connectivity index (χ3v) is 3.62. The summed E-state index contributed by atoms with van der Waals surface area (Å²) in [4.78, 5) is 13.1. The molecule has 0 radical (unpaired) electrons. The molecule has 0 saturated carbocycles. The standard InChI is InChI=1S/C15H22N2O4/c1-20-14-3-2-11(13(16)9-15(18)19)8-12(14)10-17-4-6-21-7-5-17/h2-3,8,13H,4-7,9-10,16H2,1H3,(H,18,19). The van der Waals surface area contributed by atoms with Gasteiger partial charge in [-0.1, -0.05) is 6.07 Å². The van der Waals surface area contributed by atoms with E-state index in [4.69, 9.17) is 20.3 Å². The molecule has 1 aliphatic rings. The number of hydrogen-bond acceptors (Lipinski definition) is 5. The number of hydrogen-bond donors (Lipinski definition) is 2. The molecule has 6 nitrogen and oxygen atoms in total. The third kappa shape index (κ3) is 4.42. The molecule has 1 heterocycles. The Morgan fingerprint density at radius 1 is 1.48 bits per heavy atom. The van der Waals surface area contributed by atoms with E-state index in [1.165, 1.54) is 0 Å². The first kappa shape index (κ1) is 15.8. The molecule has 0 bridgehead atoms. The van der Waals surface area contributed by atoms with Crippen LogP contribution in [0, 0.1) is 0 Å². The van der Waals surface area contributed by atoms with Gasteiger partial charge in [0.15, 0.2) is 0 Å². The lowest BCUT2D eigenvalue weighted by Crippen LogP contribution is -2.35. The van der Waals surface area contributed by atoms with Gasteiger partial charge in [-0.05, 0) is 17.7 Å². The Labute approximate surface area is 124 Å². The minimum Gasteiger partial charge on any atom is -0.496 e. The van der Waals surface area contributed by atoms with E-state index in [0.29, 0.717) is 0 Å². The summed E-state index contributed by atoms with van der Waals surface area (Å²) in [5, 5.41) is 8.85. The fourth-order valence-corrected chi connectivity index (χ4v) is 2.46. The monoisotopic (exact) mass is 294 g/mol. The number of rotatable bonds is 6. The van der Waals surface area contributed by atoms with Crippen molar-refractivity contribution >= 4 is 5.97 Å². The molecule has 1 saturated heterocycles. The molecule has 0 aliphatic carbocycles. The van der Waals surface area contributed by atoms with Crippen LogP contribution in [0.5, 0.6) is 5.75 Å². The highest BCUT2D eigenvalue weighted by Crippen LogP contribution is 2.25. The fourth-order valence-electron chi connectivity index (χ4n) is 2.46. The van der Waals surface area contributed by atoms with Crippen LogP contribution in [-0.2, 0) is 16.1 Å². The van der Waals surface area contributed by atoms with Gasteiger partial charge in [0.2, 0.25) is 0 Å². The smallest absolute Gasteiger partial charge is 0.305 e. The van der Waals surface area contributed by atoms with Gasteiger partial charge in [0.05, 0.1) is 26.7 Å². The van der Waals surface area contributed by atoms with Gasteiger partial charge < -0.3 is 20.3 Å². The highest BCUT2D eigenvalue weighted by Gasteiger charge is 2.16. The summed E-state index contributed by atoms with van der Waals surface area (Å²) in [5.74, 6) is -0.0965. The Kier molecular flexibility index (Phi) is 5.55. The number of aliphatic carboxylic acids is 1. The number of morpholine rings is 1. The average Bonchev–Trinajstić information content (AvgIpc) is 2.47. The van der Waals surface area contributed by atoms with E-state index in [-0.39, 0.29) is 6.42 Å².